The van der Waals surface area contributed by atoms with E-state index in [-0.39, 0.29) is 0 Å². The van der Waals surface area contributed by atoms with Gasteiger partial charge in [0, 0.05) is 6.54 Å². The molecule has 0 aliphatic rings. The van der Waals surface area contributed by atoms with Gasteiger partial charge >= 0.3 is 0 Å². The smallest absolute Gasteiger partial charge is 0.160 e. The topological polar surface area (TPSA) is 39.7 Å². The van der Waals surface area contributed by atoms with Gasteiger partial charge in [0.05, 0.1) is 14.2 Å². The van der Waals surface area contributed by atoms with E-state index in [4.69, 9.17) is 14.2 Å². The van der Waals surface area contributed by atoms with E-state index in [1.54, 1.807) is 14.2 Å². The zero-order valence-corrected chi connectivity index (χ0v) is 17.6. The third-order valence-corrected chi connectivity index (χ3v) is 4.71. The van der Waals surface area contributed by atoms with Crippen LogP contribution < -0.4 is 19.5 Å². The quantitative estimate of drug-likeness (QED) is 0.358. The Kier molecular flexibility index (Phi) is 8.36. The molecule has 0 saturated carbocycles. The maximum Gasteiger partial charge on any atom is 0.160 e. The predicted octanol–water partition coefficient (Wildman–Crippen LogP) is 5.09. The van der Waals surface area contributed by atoms with Crippen molar-refractivity contribution < 1.29 is 14.2 Å². The molecule has 156 valence electrons. The lowest BCUT2D eigenvalue weighted by atomic mass is 10.1. The molecule has 4 heteroatoms. The molecule has 0 heterocycles. The van der Waals surface area contributed by atoms with Crippen molar-refractivity contribution in [1.29, 1.82) is 0 Å². The fraction of sp³-hybridized carbons (Fsp3) is 0.231. The average Bonchev–Trinajstić information content (AvgIpc) is 2.80. The van der Waals surface area contributed by atoms with Crippen molar-refractivity contribution in [3.8, 4) is 17.2 Å². The van der Waals surface area contributed by atoms with Crippen LogP contribution in [-0.2, 0) is 6.42 Å². The number of hydrogen-bond acceptors (Lipinski definition) is 4. The lowest BCUT2D eigenvalue weighted by Gasteiger charge is -2.10. The highest BCUT2D eigenvalue weighted by Crippen LogP contribution is 2.27. The third-order valence-electron chi connectivity index (χ3n) is 4.71. The highest BCUT2D eigenvalue weighted by Gasteiger charge is 2.04. The Labute approximate surface area is 179 Å². The largest absolute Gasteiger partial charge is 0.493 e. The maximum atomic E-state index is 5.88. The van der Waals surface area contributed by atoms with Crippen LogP contribution in [0.25, 0.3) is 12.2 Å². The molecule has 0 aliphatic carbocycles. The minimum Gasteiger partial charge on any atom is -0.493 e. The summed E-state index contributed by atoms with van der Waals surface area (Å²) in [6.45, 7) is 2.29. The van der Waals surface area contributed by atoms with Crippen molar-refractivity contribution in [1.82, 2.24) is 5.32 Å². The lowest BCUT2D eigenvalue weighted by Crippen LogP contribution is -2.23. The lowest BCUT2D eigenvalue weighted by molar-refractivity contribution is 0.314. The Morgan fingerprint density at radius 3 is 2.30 bits per heavy atom. The van der Waals surface area contributed by atoms with Crippen molar-refractivity contribution in [3.05, 3.63) is 89.5 Å². The van der Waals surface area contributed by atoms with Gasteiger partial charge < -0.3 is 19.5 Å². The second-order valence-electron chi connectivity index (χ2n) is 6.85. The number of hydrogen-bond donors (Lipinski definition) is 1. The molecule has 0 radical (unpaired) electrons. The zero-order chi connectivity index (χ0) is 21.0. The standard InChI is InChI=1S/C26H29NO3/c1-28-25-14-13-23(20-26(25)29-2)15-16-27-17-18-30-24-10-6-9-22(19-24)12-11-21-7-4-3-5-8-21/h3-14,19-20,27H,15-18H2,1-2H3. The molecule has 4 nitrogen and oxygen atoms in total. The predicted molar refractivity (Wildman–Crippen MR) is 123 cm³/mol. The van der Waals surface area contributed by atoms with E-state index in [9.17, 15) is 0 Å². The van der Waals surface area contributed by atoms with E-state index in [0.29, 0.717) is 6.61 Å². The van der Waals surface area contributed by atoms with E-state index < -0.39 is 0 Å². The summed E-state index contributed by atoms with van der Waals surface area (Å²) in [6.07, 6.45) is 5.12. The summed E-state index contributed by atoms with van der Waals surface area (Å²) >= 11 is 0. The zero-order valence-electron chi connectivity index (χ0n) is 17.6. The van der Waals surface area contributed by atoms with Crippen LogP contribution in [0.4, 0.5) is 0 Å². The normalized spacial score (nSPS) is 10.9. The molecule has 0 spiro atoms. The van der Waals surface area contributed by atoms with Crippen LogP contribution in [-0.4, -0.2) is 33.9 Å². The van der Waals surface area contributed by atoms with E-state index in [2.05, 4.69) is 47.8 Å². The highest BCUT2D eigenvalue weighted by atomic mass is 16.5. The molecular weight excluding hydrogens is 374 g/mol. The van der Waals surface area contributed by atoms with Gasteiger partial charge in [-0.3, -0.25) is 0 Å². The van der Waals surface area contributed by atoms with E-state index in [1.165, 1.54) is 11.1 Å². The summed E-state index contributed by atoms with van der Waals surface area (Å²) in [4.78, 5) is 0. The fourth-order valence-electron chi connectivity index (χ4n) is 3.10. The molecule has 0 atom stereocenters. The number of ether oxygens (including phenoxy) is 3. The summed E-state index contributed by atoms with van der Waals surface area (Å²) in [5.41, 5.74) is 3.51. The van der Waals surface area contributed by atoms with Crippen molar-refractivity contribution in [2.24, 2.45) is 0 Å². The molecule has 30 heavy (non-hydrogen) atoms. The first kappa shape index (κ1) is 21.5. The van der Waals surface area contributed by atoms with E-state index in [0.717, 1.165) is 42.3 Å². The molecule has 0 unspecified atom stereocenters. The Morgan fingerprint density at radius 2 is 1.50 bits per heavy atom. The first-order chi connectivity index (χ1) is 14.8. The van der Waals surface area contributed by atoms with Crippen LogP contribution >= 0.6 is 0 Å². The second-order valence-corrected chi connectivity index (χ2v) is 6.85. The van der Waals surface area contributed by atoms with Crippen LogP contribution in [0.5, 0.6) is 17.2 Å². The second kappa shape index (κ2) is 11.7. The summed E-state index contributed by atoms with van der Waals surface area (Å²) in [7, 11) is 3.30. The molecule has 0 amide bonds. The van der Waals surface area contributed by atoms with Crippen molar-refractivity contribution in [2.45, 2.75) is 6.42 Å². The van der Waals surface area contributed by atoms with Gasteiger partial charge in [-0.1, -0.05) is 60.7 Å². The fourth-order valence-corrected chi connectivity index (χ4v) is 3.10. The first-order valence-electron chi connectivity index (χ1n) is 10.2. The number of nitrogens with one attached hydrogen (secondary N) is 1. The molecule has 0 bridgehead atoms. The van der Waals surface area contributed by atoms with Gasteiger partial charge in [0.2, 0.25) is 0 Å². The Morgan fingerprint density at radius 1 is 0.733 bits per heavy atom. The molecule has 3 rings (SSSR count). The molecular formula is C26H29NO3. The van der Waals surface area contributed by atoms with Crippen LogP contribution in [0, 0.1) is 0 Å². The van der Waals surface area contributed by atoms with Crippen LogP contribution in [0.3, 0.4) is 0 Å². The van der Waals surface area contributed by atoms with E-state index >= 15 is 0 Å². The minimum absolute atomic E-state index is 0.623. The maximum absolute atomic E-state index is 5.88. The monoisotopic (exact) mass is 403 g/mol. The minimum atomic E-state index is 0.623. The SMILES string of the molecule is COc1ccc(CCNCCOc2cccc(C=Cc3ccccc3)c2)cc1OC. The van der Waals surface area contributed by atoms with Crippen LogP contribution in [0.15, 0.2) is 72.8 Å². The number of benzene rings is 3. The molecule has 3 aromatic rings. The molecule has 0 fully saturated rings. The summed E-state index contributed by atoms with van der Waals surface area (Å²) in [5.74, 6) is 2.40. The van der Waals surface area contributed by atoms with Gasteiger partial charge in [0.25, 0.3) is 0 Å². The Hall–Kier alpha value is -3.24. The van der Waals surface area contributed by atoms with Crippen molar-refractivity contribution in [3.63, 3.8) is 0 Å². The van der Waals surface area contributed by atoms with E-state index in [1.807, 2.05) is 42.5 Å². The van der Waals surface area contributed by atoms with Gasteiger partial charge in [-0.25, -0.2) is 0 Å². The Balaban J connectivity index is 1.39. The highest BCUT2D eigenvalue weighted by molar-refractivity contribution is 5.70. The molecule has 0 saturated heterocycles. The Bertz CT molecular complexity index is 938. The summed E-state index contributed by atoms with van der Waals surface area (Å²) in [6, 6.07) is 24.4. The summed E-state index contributed by atoms with van der Waals surface area (Å²) < 4.78 is 16.5. The third kappa shape index (κ3) is 6.68. The first-order valence-corrected chi connectivity index (χ1v) is 10.2. The van der Waals surface area contributed by atoms with Gasteiger partial charge in [0.1, 0.15) is 12.4 Å². The number of rotatable bonds is 11. The number of methoxy groups -OCH3 is 2. The average molecular weight is 404 g/mol. The summed E-state index contributed by atoms with van der Waals surface area (Å²) in [5, 5.41) is 3.42. The van der Waals surface area contributed by atoms with Gasteiger partial charge in [-0.2, -0.15) is 0 Å². The molecule has 3 aromatic carbocycles. The molecule has 0 aliphatic heterocycles. The van der Waals surface area contributed by atoms with Crippen LogP contribution in [0.1, 0.15) is 16.7 Å². The van der Waals surface area contributed by atoms with Gasteiger partial charge in [-0.15, -0.1) is 0 Å². The molecule has 1 N–H and O–H groups in total. The molecule has 0 aromatic heterocycles. The van der Waals surface area contributed by atoms with Gasteiger partial charge in [0.15, 0.2) is 11.5 Å². The van der Waals surface area contributed by atoms with Crippen molar-refractivity contribution in [2.75, 3.05) is 33.9 Å². The van der Waals surface area contributed by atoms with Crippen molar-refractivity contribution >= 4 is 12.2 Å². The van der Waals surface area contributed by atoms with Crippen LogP contribution in [0.2, 0.25) is 0 Å². The van der Waals surface area contributed by atoms with Gasteiger partial charge in [-0.05, 0) is 53.9 Å².